The molecule has 5 heteroatoms. The van der Waals surface area contributed by atoms with Crippen molar-refractivity contribution in [1.29, 1.82) is 0 Å². The molecule has 0 unspecified atom stereocenters. The van der Waals surface area contributed by atoms with Crippen LogP contribution in [0.3, 0.4) is 0 Å². The number of benzene rings is 2. The van der Waals surface area contributed by atoms with Gasteiger partial charge in [-0.3, -0.25) is 4.79 Å². The van der Waals surface area contributed by atoms with Crippen LogP contribution in [0.4, 0.5) is 10.5 Å². The smallest absolute Gasteiger partial charge is 0.420 e. The summed E-state index contributed by atoms with van der Waals surface area (Å²) in [5.74, 6) is -0.840. The van der Waals surface area contributed by atoms with E-state index in [1.54, 1.807) is 0 Å². The Hall–Kier alpha value is -2.11. The van der Waals surface area contributed by atoms with Gasteiger partial charge in [-0.25, -0.2) is 0 Å². The predicted octanol–water partition coefficient (Wildman–Crippen LogP) is 2.25. The lowest BCUT2D eigenvalue weighted by Gasteiger charge is -2.10. The van der Waals surface area contributed by atoms with Crippen LogP contribution >= 0.6 is 0 Å². The molecule has 0 aliphatic rings. The van der Waals surface area contributed by atoms with E-state index in [4.69, 9.17) is 10.0 Å². The van der Waals surface area contributed by atoms with Crippen molar-refractivity contribution in [2.75, 3.05) is 5.32 Å². The van der Waals surface area contributed by atoms with Crippen LogP contribution < -0.4 is 5.32 Å². The number of nitrogens with one attached hydrogen (secondary N) is 1. The standard InChI is InChI=1S/C14H14BNO3/c1-10-7-8-12(11-5-3-2-4-6-11)9-13(10)16-14(17)15(18)19/h2-9,18-19H,1H3,(H,16,17). The number of rotatable bonds is 3. The molecule has 96 valence electrons. The minimum atomic E-state index is -2.01. The lowest BCUT2D eigenvalue weighted by molar-refractivity contribution is 0.258. The van der Waals surface area contributed by atoms with Crippen molar-refractivity contribution in [3.05, 3.63) is 54.1 Å². The number of amides is 1. The van der Waals surface area contributed by atoms with Gasteiger partial charge in [-0.15, -0.1) is 0 Å². The monoisotopic (exact) mass is 255 g/mol. The minimum absolute atomic E-state index is 0.569. The van der Waals surface area contributed by atoms with Gasteiger partial charge in [0.05, 0.1) is 0 Å². The lowest BCUT2D eigenvalue weighted by atomic mass is 9.90. The molecule has 0 fully saturated rings. The summed E-state index contributed by atoms with van der Waals surface area (Å²) in [5.41, 5.74) is 3.41. The van der Waals surface area contributed by atoms with E-state index in [2.05, 4.69) is 5.32 Å². The Labute approximate surface area is 111 Å². The summed E-state index contributed by atoms with van der Waals surface area (Å²) in [6.07, 6.45) is 0. The maximum atomic E-state index is 11.3. The van der Waals surface area contributed by atoms with E-state index in [9.17, 15) is 4.79 Å². The number of carbonyl (C=O) groups is 1. The van der Waals surface area contributed by atoms with Crippen molar-refractivity contribution >= 4 is 18.6 Å². The summed E-state index contributed by atoms with van der Waals surface area (Å²) >= 11 is 0. The van der Waals surface area contributed by atoms with Crippen molar-refractivity contribution < 1.29 is 14.8 Å². The molecule has 19 heavy (non-hydrogen) atoms. The molecule has 2 rings (SSSR count). The van der Waals surface area contributed by atoms with E-state index in [0.29, 0.717) is 5.69 Å². The molecule has 0 aliphatic heterocycles. The molecular weight excluding hydrogens is 241 g/mol. The maximum absolute atomic E-state index is 11.3. The summed E-state index contributed by atoms with van der Waals surface area (Å²) in [4.78, 5) is 11.3. The first-order valence-corrected chi connectivity index (χ1v) is 5.91. The van der Waals surface area contributed by atoms with Crippen molar-refractivity contribution in [2.24, 2.45) is 0 Å². The first-order chi connectivity index (χ1) is 9.08. The van der Waals surface area contributed by atoms with Gasteiger partial charge in [0, 0.05) is 5.69 Å². The second-order valence-electron chi connectivity index (χ2n) is 4.26. The van der Waals surface area contributed by atoms with Gasteiger partial charge in [-0.2, -0.15) is 0 Å². The Kier molecular flexibility index (Phi) is 3.99. The third-order valence-corrected chi connectivity index (χ3v) is 2.84. The highest BCUT2D eigenvalue weighted by atomic mass is 16.4. The summed E-state index contributed by atoms with van der Waals surface area (Å²) in [5, 5.41) is 20.1. The molecule has 0 heterocycles. The van der Waals surface area contributed by atoms with Crippen LogP contribution in [-0.4, -0.2) is 23.0 Å². The maximum Gasteiger partial charge on any atom is 0.552 e. The van der Waals surface area contributed by atoms with Crippen molar-refractivity contribution in [2.45, 2.75) is 6.92 Å². The second kappa shape index (κ2) is 5.69. The average molecular weight is 255 g/mol. The van der Waals surface area contributed by atoms with Crippen LogP contribution in [0.25, 0.3) is 11.1 Å². The van der Waals surface area contributed by atoms with E-state index in [1.807, 2.05) is 55.5 Å². The van der Waals surface area contributed by atoms with E-state index < -0.39 is 12.9 Å². The number of aryl methyl sites for hydroxylation is 1. The van der Waals surface area contributed by atoms with Crippen LogP contribution in [0.1, 0.15) is 5.56 Å². The number of hydrogen-bond acceptors (Lipinski definition) is 3. The Morgan fingerprint density at radius 1 is 1.05 bits per heavy atom. The molecule has 0 aromatic heterocycles. The van der Waals surface area contributed by atoms with Gasteiger partial charge in [-0.1, -0.05) is 42.5 Å². The van der Waals surface area contributed by atoms with Gasteiger partial charge in [0.1, 0.15) is 0 Å². The van der Waals surface area contributed by atoms with Crippen LogP contribution in [0.15, 0.2) is 48.5 Å². The van der Waals surface area contributed by atoms with Crippen LogP contribution in [0, 0.1) is 6.92 Å². The molecule has 0 bridgehead atoms. The molecule has 0 atom stereocenters. The fourth-order valence-electron chi connectivity index (χ4n) is 1.76. The fraction of sp³-hybridized carbons (Fsp3) is 0.0714. The highest BCUT2D eigenvalue weighted by molar-refractivity contribution is 6.80. The molecule has 1 amide bonds. The zero-order valence-corrected chi connectivity index (χ0v) is 10.5. The third-order valence-electron chi connectivity index (χ3n) is 2.84. The molecule has 0 aliphatic carbocycles. The highest BCUT2D eigenvalue weighted by Gasteiger charge is 2.20. The van der Waals surface area contributed by atoms with Gasteiger partial charge in [0.25, 0.3) is 5.81 Å². The molecule has 0 spiro atoms. The number of carbonyl (C=O) groups excluding carboxylic acids is 1. The summed E-state index contributed by atoms with van der Waals surface area (Å²) in [6.45, 7) is 1.84. The Morgan fingerprint density at radius 3 is 2.37 bits per heavy atom. The van der Waals surface area contributed by atoms with Gasteiger partial charge in [-0.05, 0) is 29.7 Å². The number of anilines is 1. The molecule has 0 radical (unpaired) electrons. The Bertz CT molecular complexity index is 584. The average Bonchev–Trinajstić information content (AvgIpc) is 2.42. The Morgan fingerprint density at radius 2 is 1.74 bits per heavy atom. The zero-order chi connectivity index (χ0) is 13.8. The first-order valence-electron chi connectivity index (χ1n) is 5.91. The quantitative estimate of drug-likeness (QED) is 0.736. The molecule has 2 aromatic carbocycles. The highest BCUT2D eigenvalue weighted by Crippen LogP contribution is 2.25. The third kappa shape index (κ3) is 3.22. The van der Waals surface area contributed by atoms with Crippen LogP contribution in [-0.2, 0) is 0 Å². The fourth-order valence-corrected chi connectivity index (χ4v) is 1.76. The number of hydrogen-bond donors (Lipinski definition) is 3. The van der Waals surface area contributed by atoms with Crippen molar-refractivity contribution in [3.8, 4) is 11.1 Å². The van der Waals surface area contributed by atoms with Crippen LogP contribution in [0.5, 0.6) is 0 Å². The van der Waals surface area contributed by atoms with Crippen LogP contribution in [0.2, 0.25) is 0 Å². The first kappa shape index (κ1) is 13.3. The molecule has 4 nitrogen and oxygen atoms in total. The van der Waals surface area contributed by atoms with Gasteiger partial charge < -0.3 is 15.4 Å². The summed E-state index contributed by atoms with van der Waals surface area (Å²) in [7, 11) is -2.01. The zero-order valence-electron chi connectivity index (χ0n) is 10.5. The molecule has 3 N–H and O–H groups in total. The molecule has 2 aromatic rings. The lowest BCUT2D eigenvalue weighted by Crippen LogP contribution is -2.30. The largest absolute Gasteiger partial charge is 0.552 e. The van der Waals surface area contributed by atoms with E-state index >= 15 is 0 Å². The van der Waals surface area contributed by atoms with Gasteiger partial charge in [0.2, 0.25) is 0 Å². The molecular formula is C14H14BNO3. The second-order valence-corrected chi connectivity index (χ2v) is 4.26. The normalized spacial score (nSPS) is 10.1. The topological polar surface area (TPSA) is 69.6 Å². The van der Waals surface area contributed by atoms with Gasteiger partial charge >= 0.3 is 7.12 Å². The molecule has 0 saturated heterocycles. The van der Waals surface area contributed by atoms with Gasteiger partial charge in [0.15, 0.2) is 0 Å². The summed E-state index contributed by atoms with van der Waals surface area (Å²) < 4.78 is 0. The molecule has 0 saturated carbocycles. The predicted molar refractivity (Wildman–Crippen MR) is 75.8 cm³/mol. The Balaban J connectivity index is 2.33. The summed E-state index contributed by atoms with van der Waals surface area (Å²) in [6, 6.07) is 15.4. The SMILES string of the molecule is Cc1ccc(-c2ccccc2)cc1NC(=O)B(O)O. The van der Waals surface area contributed by atoms with E-state index in [-0.39, 0.29) is 0 Å². The van der Waals surface area contributed by atoms with Crippen molar-refractivity contribution in [3.63, 3.8) is 0 Å². The minimum Gasteiger partial charge on any atom is -0.420 e. The van der Waals surface area contributed by atoms with E-state index in [1.165, 1.54) is 0 Å². The van der Waals surface area contributed by atoms with E-state index in [0.717, 1.165) is 16.7 Å². The van der Waals surface area contributed by atoms with Crippen molar-refractivity contribution in [1.82, 2.24) is 0 Å².